The zero-order chi connectivity index (χ0) is 26.5. The molecule has 4 aliphatic rings. The number of rotatable bonds is 7. The lowest BCUT2D eigenvalue weighted by atomic mass is 9.84. The van der Waals surface area contributed by atoms with E-state index in [0.29, 0.717) is 24.4 Å². The van der Waals surface area contributed by atoms with Crippen LogP contribution in [-0.4, -0.2) is 75.7 Å². The molecule has 1 aromatic rings. The Labute approximate surface area is 217 Å². The number of nitrogen functional groups attached to an aromatic ring is 1. The number of H-pyrrole nitrogens is 1. The summed E-state index contributed by atoms with van der Waals surface area (Å²) in [5.41, 5.74) is 3.36. The number of hydrogen-bond acceptors (Lipinski definition) is 6. The number of urea groups is 1. The Morgan fingerprint density at radius 3 is 2.32 bits per heavy atom. The molecule has 2 amide bonds. The van der Waals surface area contributed by atoms with Gasteiger partial charge in [-0.25, -0.2) is 9.59 Å². The summed E-state index contributed by atoms with van der Waals surface area (Å²) in [5.74, 6) is 0.670. The molecule has 0 bridgehead atoms. The van der Waals surface area contributed by atoms with Gasteiger partial charge >= 0.3 is 11.7 Å². The number of carbonyl (C=O) groups is 1. The monoisotopic (exact) mass is 518 g/mol. The lowest BCUT2D eigenvalue weighted by Gasteiger charge is -2.30. The van der Waals surface area contributed by atoms with E-state index in [2.05, 4.69) is 9.88 Å². The Bertz CT molecular complexity index is 1070. The topological polar surface area (TPSA) is 158 Å². The fourth-order valence-electron chi connectivity index (χ4n) is 6.02. The van der Waals surface area contributed by atoms with Crippen molar-refractivity contribution in [3.8, 4) is 5.88 Å². The van der Waals surface area contributed by atoms with Crippen LogP contribution < -0.4 is 17.0 Å². The molecule has 2 unspecified atom stereocenters. The van der Waals surface area contributed by atoms with Crippen LogP contribution in [0.15, 0.2) is 9.59 Å². The molecule has 3 heterocycles. The number of hydrogen-bond donors (Lipinski definition) is 4. The average Bonchev–Trinajstić information content (AvgIpc) is 3.43. The van der Waals surface area contributed by atoms with E-state index in [-0.39, 0.29) is 11.6 Å². The van der Waals surface area contributed by atoms with Crippen LogP contribution in [-0.2, 0) is 11.3 Å². The summed E-state index contributed by atoms with van der Waals surface area (Å²) in [6.07, 6.45) is 12.4. The van der Waals surface area contributed by atoms with Gasteiger partial charge in [0.2, 0.25) is 5.88 Å². The Morgan fingerprint density at radius 2 is 1.73 bits per heavy atom. The van der Waals surface area contributed by atoms with Crippen molar-refractivity contribution in [2.45, 2.75) is 76.8 Å². The lowest BCUT2D eigenvalue weighted by molar-refractivity contribution is 0.153. The van der Waals surface area contributed by atoms with Gasteiger partial charge in [-0.1, -0.05) is 38.5 Å². The molecule has 2 aliphatic heterocycles. The molecule has 1 aromatic heterocycles. The van der Waals surface area contributed by atoms with E-state index in [1.165, 1.54) is 38.5 Å². The number of carbonyl (C=O) groups excluding carboxylic acids is 1. The third-order valence-corrected chi connectivity index (χ3v) is 8.41. The number of amidine groups is 1. The van der Waals surface area contributed by atoms with Crippen molar-refractivity contribution in [3.63, 3.8) is 0 Å². The molecule has 2 aliphatic carbocycles. The highest BCUT2D eigenvalue weighted by atomic mass is 16.5. The van der Waals surface area contributed by atoms with E-state index in [0.717, 1.165) is 62.5 Å². The van der Waals surface area contributed by atoms with Crippen molar-refractivity contribution in [1.29, 1.82) is 5.41 Å². The maximum Gasteiger partial charge on any atom is 0.331 e. The molecular formula is C26H42N6O5. The number of amides is 2. The second-order valence-electron chi connectivity index (χ2n) is 11.2. The SMILES string of the molecule is CN1CC(CC2CCCCC2)N(CC2CCOC2)C1=O.N=C(N)c1c(O)n(CC2CCC2)c(=O)[nH]c1=O. The number of nitrogens with zero attached hydrogens (tertiary/aromatic N) is 3. The number of aromatic hydroxyl groups is 1. The first-order valence-corrected chi connectivity index (χ1v) is 13.7. The van der Waals surface area contributed by atoms with Crippen LogP contribution in [0.3, 0.4) is 0 Å². The second kappa shape index (κ2) is 12.1. The Kier molecular flexibility index (Phi) is 8.94. The van der Waals surface area contributed by atoms with Crippen LogP contribution in [0.2, 0.25) is 0 Å². The highest BCUT2D eigenvalue weighted by molar-refractivity contribution is 5.96. The first kappa shape index (κ1) is 27.2. The predicted octanol–water partition coefficient (Wildman–Crippen LogP) is 2.06. The van der Waals surface area contributed by atoms with Crippen molar-refractivity contribution < 1.29 is 14.6 Å². The average molecular weight is 519 g/mol. The van der Waals surface area contributed by atoms with Gasteiger partial charge in [-0.2, -0.15) is 0 Å². The number of likely N-dealkylation sites (N-methyl/N-ethyl adjacent to an activating group) is 1. The summed E-state index contributed by atoms with van der Waals surface area (Å²) in [6, 6.07) is 0.675. The molecule has 2 saturated heterocycles. The van der Waals surface area contributed by atoms with Crippen LogP contribution in [0.25, 0.3) is 0 Å². The number of ether oxygens (including phenoxy) is 1. The normalized spacial score (nSPS) is 24.6. The quantitative estimate of drug-likeness (QED) is 0.319. The molecule has 0 spiro atoms. The van der Waals surface area contributed by atoms with Crippen LogP contribution in [0.1, 0.15) is 69.8 Å². The van der Waals surface area contributed by atoms with Gasteiger partial charge in [0.25, 0.3) is 5.56 Å². The molecule has 5 N–H and O–H groups in total. The largest absolute Gasteiger partial charge is 0.494 e. The molecule has 11 nitrogen and oxygen atoms in total. The van der Waals surface area contributed by atoms with Gasteiger partial charge in [-0.05, 0) is 37.5 Å². The summed E-state index contributed by atoms with van der Waals surface area (Å²) < 4.78 is 6.53. The first-order chi connectivity index (χ1) is 17.7. The number of nitrogens with two attached hydrogens (primary N) is 1. The van der Waals surface area contributed by atoms with Gasteiger partial charge in [0.05, 0.1) is 12.6 Å². The lowest BCUT2D eigenvalue weighted by Crippen LogP contribution is -2.39. The maximum absolute atomic E-state index is 12.4. The van der Waals surface area contributed by atoms with E-state index in [1.54, 1.807) is 0 Å². The highest BCUT2D eigenvalue weighted by Crippen LogP contribution is 2.32. The minimum Gasteiger partial charge on any atom is -0.494 e. The molecule has 4 fully saturated rings. The van der Waals surface area contributed by atoms with E-state index in [9.17, 15) is 19.5 Å². The zero-order valence-corrected chi connectivity index (χ0v) is 21.9. The Hall–Kier alpha value is -2.82. The summed E-state index contributed by atoms with van der Waals surface area (Å²) in [5, 5.41) is 17.0. The second-order valence-corrected chi connectivity index (χ2v) is 11.2. The number of nitrogens with one attached hydrogen (secondary N) is 2. The molecule has 11 heteroatoms. The standard InChI is InChI=1S/C16H28N2O2.C10H14N4O3/c1-17-11-15(9-13-5-3-2-4-6-13)18(16(17)19)10-14-7-8-20-12-14;11-7(12)6-8(15)13-10(17)14(9(6)16)4-5-2-1-3-5/h13-15H,2-12H2,1H3;5,16H,1-4H2,(H3,11,12)(H,13,15,17). The molecule has 206 valence electrons. The zero-order valence-electron chi connectivity index (χ0n) is 21.9. The van der Waals surface area contributed by atoms with Gasteiger partial charge in [0, 0.05) is 39.2 Å². The van der Waals surface area contributed by atoms with Crippen molar-refractivity contribution in [1.82, 2.24) is 19.4 Å². The molecule has 0 aromatic carbocycles. The third kappa shape index (κ3) is 6.55. The Morgan fingerprint density at radius 1 is 1.03 bits per heavy atom. The minimum absolute atomic E-state index is 0.234. The third-order valence-electron chi connectivity index (χ3n) is 8.41. The van der Waals surface area contributed by atoms with E-state index in [1.807, 2.05) is 11.9 Å². The molecule has 5 rings (SSSR count). The molecule has 37 heavy (non-hydrogen) atoms. The molecule has 2 atom stereocenters. The summed E-state index contributed by atoms with van der Waals surface area (Å²) in [7, 11) is 1.95. The van der Waals surface area contributed by atoms with Gasteiger partial charge < -0.3 is 25.4 Å². The van der Waals surface area contributed by atoms with Crippen molar-refractivity contribution in [3.05, 3.63) is 26.4 Å². The molecular weight excluding hydrogens is 476 g/mol. The fourth-order valence-corrected chi connectivity index (χ4v) is 6.02. The number of aromatic amines is 1. The van der Waals surface area contributed by atoms with Crippen molar-refractivity contribution >= 4 is 11.9 Å². The van der Waals surface area contributed by atoms with Gasteiger partial charge in [0.15, 0.2) is 0 Å². The minimum atomic E-state index is -0.829. The van der Waals surface area contributed by atoms with E-state index in [4.69, 9.17) is 15.9 Å². The smallest absolute Gasteiger partial charge is 0.331 e. The van der Waals surface area contributed by atoms with Crippen LogP contribution in [0, 0.1) is 23.2 Å². The number of aromatic nitrogens is 2. The van der Waals surface area contributed by atoms with Crippen LogP contribution in [0.5, 0.6) is 5.88 Å². The first-order valence-electron chi connectivity index (χ1n) is 13.7. The summed E-state index contributed by atoms with van der Waals surface area (Å²) in [4.78, 5) is 41.4. The summed E-state index contributed by atoms with van der Waals surface area (Å²) >= 11 is 0. The van der Waals surface area contributed by atoms with Gasteiger partial charge in [-0.15, -0.1) is 0 Å². The van der Waals surface area contributed by atoms with Crippen molar-refractivity contribution in [2.75, 3.05) is 33.4 Å². The van der Waals surface area contributed by atoms with Gasteiger partial charge in [-0.3, -0.25) is 19.8 Å². The summed E-state index contributed by atoms with van der Waals surface area (Å²) in [6.45, 7) is 3.88. The van der Waals surface area contributed by atoms with Gasteiger partial charge in [0.1, 0.15) is 11.4 Å². The van der Waals surface area contributed by atoms with Crippen LogP contribution >= 0.6 is 0 Å². The van der Waals surface area contributed by atoms with Crippen molar-refractivity contribution in [2.24, 2.45) is 23.5 Å². The fraction of sp³-hybridized carbons (Fsp3) is 0.769. The predicted molar refractivity (Wildman–Crippen MR) is 140 cm³/mol. The highest BCUT2D eigenvalue weighted by Gasteiger charge is 2.38. The Balaban J connectivity index is 0.000000176. The molecule has 0 radical (unpaired) electrons. The molecule has 2 saturated carbocycles. The van der Waals surface area contributed by atoms with E-state index >= 15 is 0 Å². The van der Waals surface area contributed by atoms with E-state index < -0.39 is 23.0 Å². The van der Waals surface area contributed by atoms with Crippen LogP contribution in [0.4, 0.5) is 4.79 Å². The maximum atomic E-state index is 12.4.